The number of aromatic hydroxyl groups is 1. The normalized spacial score (nSPS) is 12.4. The number of nitrogens with one attached hydrogen (secondary N) is 1. The molecule has 0 aliphatic rings. The monoisotopic (exact) mass is 459 g/mol. The van der Waals surface area contributed by atoms with Gasteiger partial charge in [0.05, 0.1) is 20.8 Å². The van der Waals surface area contributed by atoms with Crippen molar-refractivity contribution in [2.45, 2.75) is 18.7 Å². The number of benzene rings is 1. The molecule has 0 unspecified atom stereocenters. The van der Waals surface area contributed by atoms with Gasteiger partial charge in [0.2, 0.25) is 5.54 Å². The van der Waals surface area contributed by atoms with Crippen LogP contribution in [0.15, 0.2) is 48.9 Å². The number of pyridine rings is 1. The van der Waals surface area contributed by atoms with Crippen molar-refractivity contribution in [2.24, 2.45) is 0 Å². The number of hydrogen-bond donors (Lipinski definition) is 2. The molecule has 3 aromatic rings. The summed E-state index contributed by atoms with van der Waals surface area (Å²) in [5.41, 5.74) is -1.53. The number of rotatable bonds is 6. The number of carbonyl (C=O) groups excluding carboxylic acids is 2. The lowest BCUT2D eigenvalue weighted by Crippen LogP contribution is -2.56. The third-order valence-corrected chi connectivity index (χ3v) is 4.58. The van der Waals surface area contributed by atoms with E-state index in [1.54, 1.807) is 18.3 Å². The van der Waals surface area contributed by atoms with Gasteiger partial charge in [-0.3, -0.25) is 10.3 Å². The largest absolute Gasteiger partial charge is 0.494 e. The van der Waals surface area contributed by atoms with Gasteiger partial charge in [-0.1, -0.05) is 11.8 Å². The van der Waals surface area contributed by atoms with E-state index >= 15 is 0 Å². The van der Waals surface area contributed by atoms with Gasteiger partial charge in [-0.2, -0.15) is 8.78 Å². The first-order valence-corrected chi connectivity index (χ1v) is 9.42. The topological polar surface area (TPSA) is 112 Å². The summed E-state index contributed by atoms with van der Waals surface area (Å²) in [6, 6.07) is 7.27. The maximum Gasteiger partial charge on any atom is 0.408 e. The molecule has 0 spiro atoms. The number of ether oxygens (including phenoxy) is 3. The molecule has 2 N–H and O–H groups in total. The molecule has 0 saturated heterocycles. The lowest BCUT2D eigenvalue weighted by atomic mass is 9.99. The van der Waals surface area contributed by atoms with Crippen molar-refractivity contribution >= 4 is 22.8 Å². The Morgan fingerprint density at radius 1 is 1.27 bits per heavy atom. The van der Waals surface area contributed by atoms with Crippen molar-refractivity contribution in [3.05, 3.63) is 54.5 Å². The Kier molecular flexibility index (Phi) is 6.97. The lowest BCUT2D eigenvalue weighted by molar-refractivity contribution is -0.146. The molecular formula is C22H19F2N3O6. The number of fused-ring (bicyclic) bond motifs is 1. The van der Waals surface area contributed by atoms with E-state index in [-0.39, 0.29) is 17.0 Å². The third-order valence-electron chi connectivity index (χ3n) is 4.58. The summed E-state index contributed by atoms with van der Waals surface area (Å²) in [7, 11) is 2.22. The standard InChI is InChI=1S/C22H19F2N3O6/c1-31-19(29)22(26-21(30)32-2,8-7-14-4-3-9-25-11-14)13-27-12-15-5-6-16(33-20(23)24)10-17(15)18(27)28/h3-6,9-12,20,28H,13H2,1-2H3,(H,26,30)/t22-/m0/s1. The molecule has 1 aromatic carbocycles. The highest BCUT2D eigenvalue weighted by molar-refractivity contribution is 5.91. The summed E-state index contributed by atoms with van der Waals surface area (Å²) < 4.78 is 40.2. The fourth-order valence-corrected chi connectivity index (χ4v) is 3.07. The van der Waals surface area contributed by atoms with Crippen molar-refractivity contribution in [1.82, 2.24) is 14.9 Å². The maximum absolute atomic E-state index is 12.8. The van der Waals surface area contributed by atoms with Crippen molar-refractivity contribution in [2.75, 3.05) is 14.2 Å². The van der Waals surface area contributed by atoms with Gasteiger partial charge in [0.15, 0.2) is 5.88 Å². The van der Waals surface area contributed by atoms with Gasteiger partial charge in [0, 0.05) is 34.9 Å². The minimum absolute atomic E-state index is 0.158. The number of aromatic nitrogens is 2. The van der Waals surface area contributed by atoms with Crippen LogP contribution in [0.2, 0.25) is 0 Å². The highest BCUT2D eigenvalue weighted by atomic mass is 19.3. The Morgan fingerprint density at radius 2 is 2.06 bits per heavy atom. The van der Waals surface area contributed by atoms with Crippen LogP contribution in [0.1, 0.15) is 5.56 Å². The number of hydrogen-bond acceptors (Lipinski definition) is 7. The smallest absolute Gasteiger partial charge is 0.408 e. The molecule has 0 radical (unpaired) electrons. The van der Waals surface area contributed by atoms with Gasteiger partial charge in [-0.25, -0.2) is 9.59 Å². The molecule has 3 rings (SSSR count). The molecule has 11 heteroatoms. The summed E-state index contributed by atoms with van der Waals surface area (Å²) in [4.78, 5) is 28.8. The van der Waals surface area contributed by atoms with E-state index < -0.39 is 30.8 Å². The maximum atomic E-state index is 12.8. The minimum atomic E-state index is -3.04. The number of amides is 1. The zero-order chi connectivity index (χ0) is 24.0. The van der Waals surface area contributed by atoms with Gasteiger partial charge in [-0.15, -0.1) is 0 Å². The first-order chi connectivity index (χ1) is 15.8. The summed E-state index contributed by atoms with van der Waals surface area (Å²) in [5.74, 6) is 3.99. The molecule has 2 heterocycles. The molecular weight excluding hydrogens is 440 g/mol. The summed E-state index contributed by atoms with van der Waals surface area (Å²) in [5, 5.41) is 13.7. The predicted octanol–water partition coefficient (Wildman–Crippen LogP) is 2.66. The van der Waals surface area contributed by atoms with Gasteiger partial charge in [0.1, 0.15) is 5.75 Å². The van der Waals surface area contributed by atoms with Crippen LogP contribution < -0.4 is 10.1 Å². The number of alkyl halides is 2. The Labute approximate surface area is 186 Å². The minimum Gasteiger partial charge on any atom is -0.494 e. The molecule has 9 nitrogen and oxygen atoms in total. The second kappa shape index (κ2) is 9.86. The third kappa shape index (κ3) is 5.30. The van der Waals surface area contributed by atoms with E-state index in [1.807, 2.05) is 0 Å². The molecule has 0 saturated carbocycles. The van der Waals surface area contributed by atoms with E-state index in [1.165, 1.54) is 35.2 Å². The second-order valence-electron chi connectivity index (χ2n) is 6.71. The molecule has 0 aliphatic heterocycles. The molecule has 0 fully saturated rings. The van der Waals surface area contributed by atoms with Gasteiger partial charge in [0.25, 0.3) is 0 Å². The van der Waals surface area contributed by atoms with E-state index in [0.717, 1.165) is 14.2 Å². The number of methoxy groups -OCH3 is 2. The average Bonchev–Trinajstić information content (AvgIpc) is 3.11. The van der Waals surface area contributed by atoms with Crippen LogP contribution in [0.3, 0.4) is 0 Å². The van der Waals surface area contributed by atoms with Crippen LogP contribution >= 0.6 is 0 Å². The number of alkyl carbamates (subject to hydrolysis) is 1. The zero-order valence-electron chi connectivity index (χ0n) is 17.5. The number of carbonyl (C=O) groups is 2. The number of nitrogens with zero attached hydrogens (tertiary/aromatic N) is 2. The Morgan fingerprint density at radius 3 is 2.70 bits per heavy atom. The van der Waals surface area contributed by atoms with Crippen LogP contribution in [0.4, 0.5) is 13.6 Å². The van der Waals surface area contributed by atoms with E-state index in [9.17, 15) is 23.5 Å². The molecule has 1 atom stereocenters. The van der Waals surface area contributed by atoms with Gasteiger partial charge >= 0.3 is 18.7 Å². The first-order valence-electron chi connectivity index (χ1n) is 9.42. The molecule has 33 heavy (non-hydrogen) atoms. The molecule has 2 aromatic heterocycles. The van der Waals surface area contributed by atoms with Gasteiger partial charge < -0.3 is 23.9 Å². The fraction of sp³-hybridized carbons (Fsp3) is 0.227. The molecule has 0 aliphatic carbocycles. The highest BCUT2D eigenvalue weighted by Gasteiger charge is 2.41. The number of esters is 1. The summed E-state index contributed by atoms with van der Waals surface area (Å²) >= 11 is 0. The van der Waals surface area contributed by atoms with E-state index in [4.69, 9.17) is 4.74 Å². The average molecular weight is 459 g/mol. The quantitative estimate of drug-likeness (QED) is 0.431. The second-order valence-corrected chi connectivity index (χ2v) is 6.71. The van der Waals surface area contributed by atoms with Crippen molar-refractivity contribution in [1.29, 1.82) is 0 Å². The van der Waals surface area contributed by atoms with Crippen molar-refractivity contribution < 1.29 is 37.7 Å². The molecule has 0 bridgehead atoms. The Hall–Kier alpha value is -4.33. The van der Waals surface area contributed by atoms with E-state index in [2.05, 4.69) is 31.6 Å². The first kappa shape index (κ1) is 23.3. The lowest BCUT2D eigenvalue weighted by Gasteiger charge is -2.27. The van der Waals surface area contributed by atoms with Crippen LogP contribution in [0.5, 0.6) is 11.6 Å². The van der Waals surface area contributed by atoms with Crippen molar-refractivity contribution in [3.8, 4) is 23.5 Å². The predicted molar refractivity (Wildman–Crippen MR) is 112 cm³/mol. The Balaban J connectivity index is 2.09. The van der Waals surface area contributed by atoms with Crippen LogP contribution in [0, 0.1) is 11.8 Å². The SMILES string of the molecule is COC(=O)N[C@@](C#Cc1cccnc1)(Cn1cc2ccc(OC(F)F)cc2c1O)C(=O)OC. The van der Waals surface area contributed by atoms with Crippen molar-refractivity contribution in [3.63, 3.8) is 0 Å². The van der Waals surface area contributed by atoms with Crippen LogP contribution in [-0.2, 0) is 20.8 Å². The van der Waals surface area contributed by atoms with Crippen LogP contribution in [-0.4, -0.2) is 53.1 Å². The highest BCUT2D eigenvalue weighted by Crippen LogP contribution is 2.32. The molecule has 1 amide bonds. The zero-order valence-corrected chi connectivity index (χ0v) is 17.5. The fourth-order valence-electron chi connectivity index (χ4n) is 3.07. The Bertz CT molecular complexity index is 1220. The van der Waals surface area contributed by atoms with Gasteiger partial charge in [-0.05, 0) is 30.3 Å². The number of halogens is 2. The van der Waals surface area contributed by atoms with Crippen LogP contribution in [0.25, 0.3) is 10.8 Å². The summed E-state index contributed by atoms with van der Waals surface area (Å²) in [6.45, 7) is -3.43. The molecule has 172 valence electrons. The van der Waals surface area contributed by atoms with E-state index in [0.29, 0.717) is 10.9 Å². The summed E-state index contributed by atoms with van der Waals surface area (Å²) in [6.07, 6.45) is 3.49.